The van der Waals surface area contributed by atoms with Crippen LogP contribution in [0, 0.1) is 24.2 Å². The van der Waals surface area contributed by atoms with E-state index in [-0.39, 0.29) is 11.9 Å². The van der Waals surface area contributed by atoms with Crippen molar-refractivity contribution in [1.29, 1.82) is 5.26 Å². The van der Waals surface area contributed by atoms with Crippen LogP contribution in [0.25, 0.3) is 0 Å². The summed E-state index contributed by atoms with van der Waals surface area (Å²) in [5, 5.41) is 13.2. The number of nitriles is 1. The Morgan fingerprint density at radius 2 is 2.08 bits per heavy atom. The first-order chi connectivity index (χ1) is 11.9. The number of aryl methyl sites for hydroxylation is 1. The topological polar surface area (TPSA) is 65.8 Å². The first-order valence-electron chi connectivity index (χ1n) is 9.27. The van der Waals surface area contributed by atoms with Crippen molar-refractivity contribution in [2.24, 2.45) is 5.92 Å². The Morgan fingerprint density at radius 1 is 1.32 bits per heavy atom. The van der Waals surface area contributed by atoms with Gasteiger partial charge in [0.05, 0.1) is 11.3 Å². The number of nitrogens with zero attached hydrogens (tertiary/aromatic N) is 2. The van der Waals surface area contributed by atoms with E-state index in [9.17, 15) is 10.1 Å². The molecule has 0 saturated heterocycles. The number of aromatic nitrogens is 1. The molecule has 0 spiro atoms. The summed E-state index contributed by atoms with van der Waals surface area (Å²) < 4.78 is 0. The summed E-state index contributed by atoms with van der Waals surface area (Å²) >= 11 is 1.38. The summed E-state index contributed by atoms with van der Waals surface area (Å²) in [5.74, 6) is 1.04. The molecular formula is C20H29N3OS. The van der Waals surface area contributed by atoms with Gasteiger partial charge in [-0.3, -0.25) is 4.79 Å². The second kappa shape index (κ2) is 9.24. The largest absolute Gasteiger partial charge is 0.353 e. The maximum atomic E-state index is 12.2. The third kappa shape index (κ3) is 5.47. The lowest BCUT2D eigenvalue weighted by Crippen LogP contribution is -2.33. The second-order valence-electron chi connectivity index (χ2n) is 7.39. The lowest BCUT2D eigenvalue weighted by atomic mass is 10.0. The molecule has 0 saturated carbocycles. The van der Waals surface area contributed by atoms with Gasteiger partial charge in [0.15, 0.2) is 0 Å². The molecule has 1 N–H and O–H groups in total. The fraction of sp³-hybridized carbons (Fsp3) is 0.650. The quantitative estimate of drug-likeness (QED) is 0.707. The van der Waals surface area contributed by atoms with Crippen molar-refractivity contribution in [2.75, 3.05) is 5.75 Å². The normalized spacial score (nSPS) is 14.2. The van der Waals surface area contributed by atoms with Gasteiger partial charge in [0.2, 0.25) is 5.91 Å². The van der Waals surface area contributed by atoms with Crippen LogP contribution in [0.15, 0.2) is 5.03 Å². The molecule has 0 radical (unpaired) electrons. The first kappa shape index (κ1) is 19.8. The van der Waals surface area contributed by atoms with E-state index in [4.69, 9.17) is 0 Å². The van der Waals surface area contributed by atoms with E-state index in [0.717, 1.165) is 43.4 Å². The molecule has 0 aromatic carbocycles. The SMILES string of the molecule is Cc1c(C#N)c(SCC(=O)NC(C)CCCC(C)C)nc2c1CCC2. The van der Waals surface area contributed by atoms with Crippen LogP contribution in [0.4, 0.5) is 0 Å². The highest BCUT2D eigenvalue weighted by atomic mass is 32.2. The molecule has 0 aliphatic heterocycles. The number of carbonyl (C=O) groups excluding carboxylic acids is 1. The molecular weight excluding hydrogens is 330 g/mol. The molecule has 0 bridgehead atoms. The van der Waals surface area contributed by atoms with Gasteiger partial charge in [0.25, 0.3) is 0 Å². The maximum absolute atomic E-state index is 12.2. The van der Waals surface area contributed by atoms with Crippen LogP contribution in [0.3, 0.4) is 0 Å². The third-order valence-corrected chi connectivity index (χ3v) is 5.72. The van der Waals surface area contributed by atoms with Gasteiger partial charge in [-0.2, -0.15) is 5.26 Å². The van der Waals surface area contributed by atoms with Crippen molar-refractivity contribution in [3.05, 3.63) is 22.4 Å². The van der Waals surface area contributed by atoms with Crippen LogP contribution in [-0.2, 0) is 17.6 Å². The van der Waals surface area contributed by atoms with Crippen LogP contribution < -0.4 is 5.32 Å². The molecule has 1 aliphatic carbocycles. The Balaban J connectivity index is 1.90. The fourth-order valence-corrected chi connectivity index (χ4v) is 4.20. The predicted octanol–water partition coefficient (Wildman–Crippen LogP) is 4.17. The fourth-order valence-electron chi connectivity index (χ4n) is 3.34. The number of nitrogens with one attached hydrogen (secondary N) is 1. The number of pyridine rings is 1. The Kier molecular flexibility index (Phi) is 7.31. The zero-order valence-corrected chi connectivity index (χ0v) is 16.6. The number of amides is 1. The molecule has 1 heterocycles. The third-order valence-electron chi connectivity index (χ3n) is 4.74. The highest BCUT2D eigenvalue weighted by Gasteiger charge is 2.21. The minimum Gasteiger partial charge on any atom is -0.353 e. The zero-order valence-electron chi connectivity index (χ0n) is 15.8. The van der Waals surface area contributed by atoms with Crippen LogP contribution in [-0.4, -0.2) is 22.7 Å². The molecule has 1 amide bonds. The summed E-state index contributed by atoms with van der Waals surface area (Å²) in [6.45, 7) is 8.50. The number of fused-ring (bicyclic) bond motifs is 1. The summed E-state index contributed by atoms with van der Waals surface area (Å²) in [4.78, 5) is 16.9. The minimum absolute atomic E-state index is 0.0193. The summed E-state index contributed by atoms with van der Waals surface area (Å²) in [6.07, 6.45) is 6.44. The smallest absolute Gasteiger partial charge is 0.230 e. The maximum Gasteiger partial charge on any atom is 0.230 e. The number of hydrogen-bond acceptors (Lipinski definition) is 4. The van der Waals surface area contributed by atoms with Gasteiger partial charge < -0.3 is 5.32 Å². The molecule has 1 aromatic rings. The molecule has 25 heavy (non-hydrogen) atoms. The molecule has 136 valence electrons. The molecule has 1 unspecified atom stereocenters. The summed E-state index contributed by atoms with van der Waals surface area (Å²) in [6, 6.07) is 2.47. The Labute approximate surface area is 155 Å². The van der Waals surface area contributed by atoms with Gasteiger partial charge in [-0.1, -0.05) is 38.5 Å². The van der Waals surface area contributed by atoms with Crippen molar-refractivity contribution < 1.29 is 4.79 Å². The number of thioether (sulfide) groups is 1. The van der Waals surface area contributed by atoms with E-state index >= 15 is 0 Å². The van der Waals surface area contributed by atoms with Gasteiger partial charge in [-0.05, 0) is 56.6 Å². The highest BCUT2D eigenvalue weighted by molar-refractivity contribution is 8.00. The number of hydrogen-bond donors (Lipinski definition) is 1. The van der Waals surface area contributed by atoms with E-state index in [1.165, 1.54) is 23.7 Å². The van der Waals surface area contributed by atoms with E-state index in [1.807, 2.05) is 6.92 Å². The molecule has 0 fully saturated rings. The Hall–Kier alpha value is -1.54. The molecule has 1 aromatic heterocycles. The van der Waals surface area contributed by atoms with Crippen molar-refractivity contribution >= 4 is 17.7 Å². The van der Waals surface area contributed by atoms with Crippen LogP contribution >= 0.6 is 11.8 Å². The predicted molar refractivity (Wildman–Crippen MR) is 103 cm³/mol. The van der Waals surface area contributed by atoms with E-state index < -0.39 is 0 Å². The van der Waals surface area contributed by atoms with Crippen LogP contribution in [0.2, 0.25) is 0 Å². The molecule has 5 heteroatoms. The first-order valence-corrected chi connectivity index (χ1v) is 10.3. The van der Waals surface area contributed by atoms with Crippen molar-refractivity contribution in [3.8, 4) is 6.07 Å². The average molecular weight is 360 g/mol. The van der Waals surface area contributed by atoms with Crippen molar-refractivity contribution in [2.45, 2.75) is 77.3 Å². The molecule has 1 aliphatic rings. The Morgan fingerprint density at radius 3 is 2.76 bits per heavy atom. The van der Waals surface area contributed by atoms with Gasteiger partial charge in [-0.25, -0.2) is 4.98 Å². The Bertz CT molecular complexity index is 664. The van der Waals surface area contributed by atoms with Crippen molar-refractivity contribution in [3.63, 3.8) is 0 Å². The van der Waals surface area contributed by atoms with E-state index in [0.29, 0.717) is 22.3 Å². The lowest BCUT2D eigenvalue weighted by Gasteiger charge is -2.15. The minimum atomic E-state index is 0.0193. The standard InChI is InChI=1S/C20H29N3OS/c1-13(2)7-5-8-14(3)22-19(24)12-25-20-17(11-21)15(4)16-9-6-10-18(16)23-20/h13-14H,5-10,12H2,1-4H3,(H,22,24). The lowest BCUT2D eigenvalue weighted by molar-refractivity contribution is -0.119. The molecule has 4 nitrogen and oxygen atoms in total. The summed E-state index contributed by atoms with van der Waals surface area (Å²) in [5.41, 5.74) is 4.05. The van der Waals surface area contributed by atoms with Crippen LogP contribution in [0.1, 0.15) is 68.8 Å². The van der Waals surface area contributed by atoms with Gasteiger partial charge in [0.1, 0.15) is 11.1 Å². The van der Waals surface area contributed by atoms with Crippen LogP contribution in [0.5, 0.6) is 0 Å². The van der Waals surface area contributed by atoms with Gasteiger partial charge in [-0.15, -0.1) is 0 Å². The molecule has 1 atom stereocenters. The monoisotopic (exact) mass is 359 g/mol. The zero-order chi connectivity index (χ0) is 18.4. The second-order valence-corrected chi connectivity index (χ2v) is 8.35. The van der Waals surface area contributed by atoms with Gasteiger partial charge in [0, 0.05) is 11.7 Å². The van der Waals surface area contributed by atoms with Crippen molar-refractivity contribution in [1.82, 2.24) is 10.3 Å². The summed E-state index contributed by atoms with van der Waals surface area (Å²) in [7, 11) is 0. The number of rotatable bonds is 8. The van der Waals surface area contributed by atoms with E-state index in [1.54, 1.807) is 0 Å². The van der Waals surface area contributed by atoms with E-state index in [2.05, 4.69) is 37.1 Å². The number of carbonyl (C=O) groups is 1. The molecule has 2 rings (SSSR count). The highest BCUT2D eigenvalue weighted by Crippen LogP contribution is 2.31. The van der Waals surface area contributed by atoms with Gasteiger partial charge >= 0.3 is 0 Å². The average Bonchev–Trinajstić information content (AvgIpc) is 3.01.